The highest BCUT2D eigenvalue weighted by molar-refractivity contribution is 5.95. The summed E-state index contributed by atoms with van der Waals surface area (Å²) in [5.41, 5.74) is 4.86. The second-order valence-electron chi connectivity index (χ2n) is 8.74. The Labute approximate surface area is 200 Å². The summed E-state index contributed by atoms with van der Waals surface area (Å²) < 4.78 is 3.67. The van der Waals surface area contributed by atoms with Crippen LogP contribution in [-0.4, -0.2) is 50.3 Å². The summed E-state index contributed by atoms with van der Waals surface area (Å²) in [5.74, 6) is -0.196. The van der Waals surface area contributed by atoms with Crippen molar-refractivity contribution in [3.63, 3.8) is 0 Å². The maximum absolute atomic E-state index is 13.7. The minimum atomic E-state index is -0.118. The standard InChI is InChI=1S/C27H31N5O2/c1-19-10-8-17-32-24(20(2)29-25(19)32)27(34)31(4)22(18-21-11-6-5-7-12-21)14-15-28-26(33)23-13-9-16-30(23)3/h5-13,16-17,22H,14-15,18H2,1-4H3,(H,28,33). The van der Waals surface area contributed by atoms with Crippen LogP contribution in [0.2, 0.25) is 0 Å². The molecule has 7 heteroatoms. The zero-order valence-electron chi connectivity index (χ0n) is 20.2. The molecule has 3 heterocycles. The molecular formula is C27H31N5O2. The molecule has 0 aliphatic rings. The molecule has 2 amide bonds. The maximum Gasteiger partial charge on any atom is 0.272 e. The highest BCUT2D eigenvalue weighted by atomic mass is 16.2. The summed E-state index contributed by atoms with van der Waals surface area (Å²) in [7, 11) is 3.68. The van der Waals surface area contributed by atoms with Gasteiger partial charge >= 0.3 is 0 Å². The molecule has 0 saturated heterocycles. The highest BCUT2D eigenvalue weighted by Gasteiger charge is 2.26. The summed E-state index contributed by atoms with van der Waals surface area (Å²) in [6.07, 6.45) is 5.05. The van der Waals surface area contributed by atoms with Crippen LogP contribution in [0.1, 0.15) is 44.2 Å². The van der Waals surface area contributed by atoms with Gasteiger partial charge < -0.3 is 14.8 Å². The summed E-state index contributed by atoms with van der Waals surface area (Å²) in [6.45, 7) is 4.33. The second kappa shape index (κ2) is 9.95. The van der Waals surface area contributed by atoms with Gasteiger partial charge in [0.1, 0.15) is 17.0 Å². The van der Waals surface area contributed by atoms with E-state index in [1.807, 2.05) is 81.1 Å². The van der Waals surface area contributed by atoms with E-state index in [0.717, 1.165) is 16.8 Å². The van der Waals surface area contributed by atoms with Gasteiger partial charge in [-0.05, 0) is 56.0 Å². The average Bonchev–Trinajstić information content (AvgIpc) is 3.41. The van der Waals surface area contributed by atoms with Crippen LogP contribution in [0.3, 0.4) is 0 Å². The van der Waals surface area contributed by atoms with Crippen LogP contribution < -0.4 is 5.32 Å². The topological polar surface area (TPSA) is 71.6 Å². The van der Waals surface area contributed by atoms with Crippen molar-refractivity contribution in [2.45, 2.75) is 32.7 Å². The summed E-state index contributed by atoms with van der Waals surface area (Å²) in [5, 5.41) is 3.00. The number of nitrogens with zero attached hydrogens (tertiary/aromatic N) is 4. The Morgan fingerprint density at radius 1 is 1.03 bits per heavy atom. The number of rotatable bonds is 8. The smallest absolute Gasteiger partial charge is 0.272 e. The van der Waals surface area contributed by atoms with Gasteiger partial charge in [0, 0.05) is 39.1 Å². The van der Waals surface area contributed by atoms with Gasteiger partial charge in [-0.15, -0.1) is 0 Å². The van der Waals surface area contributed by atoms with Gasteiger partial charge in [0.25, 0.3) is 11.8 Å². The first-order valence-corrected chi connectivity index (χ1v) is 11.5. The molecule has 0 radical (unpaired) electrons. The van der Waals surface area contributed by atoms with Crippen molar-refractivity contribution in [1.82, 2.24) is 24.2 Å². The van der Waals surface area contributed by atoms with Gasteiger partial charge in [-0.1, -0.05) is 36.4 Å². The number of aryl methyl sites for hydroxylation is 3. The van der Waals surface area contributed by atoms with E-state index in [1.54, 1.807) is 15.5 Å². The maximum atomic E-state index is 13.7. The number of fused-ring (bicyclic) bond motifs is 1. The van der Waals surface area contributed by atoms with Crippen molar-refractivity contribution in [2.75, 3.05) is 13.6 Å². The fraction of sp³-hybridized carbons (Fsp3) is 0.296. The molecule has 3 aromatic heterocycles. The molecule has 7 nitrogen and oxygen atoms in total. The lowest BCUT2D eigenvalue weighted by molar-refractivity contribution is 0.0715. The van der Waals surface area contributed by atoms with E-state index in [-0.39, 0.29) is 17.9 Å². The van der Waals surface area contributed by atoms with E-state index in [0.29, 0.717) is 36.5 Å². The number of pyridine rings is 1. The largest absolute Gasteiger partial charge is 0.351 e. The first kappa shape index (κ1) is 23.3. The van der Waals surface area contributed by atoms with Gasteiger partial charge in [0.2, 0.25) is 0 Å². The van der Waals surface area contributed by atoms with Gasteiger partial charge in [-0.2, -0.15) is 0 Å². The van der Waals surface area contributed by atoms with Crippen LogP contribution in [-0.2, 0) is 13.5 Å². The highest BCUT2D eigenvalue weighted by Crippen LogP contribution is 2.20. The van der Waals surface area contributed by atoms with E-state index < -0.39 is 0 Å². The summed E-state index contributed by atoms with van der Waals surface area (Å²) in [4.78, 5) is 32.7. The molecule has 0 aliphatic carbocycles. The van der Waals surface area contributed by atoms with Crippen LogP contribution in [0.4, 0.5) is 0 Å². The van der Waals surface area contributed by atoms with Crippen molar-refractivity contribution in [2.24, 2.45) is 7.05 Å². The first-order valence-electron chi connectivity index (χ1n) is 11.5. The lowest BCUT2D eigenvalue weighted by Crippen LogP contribution is -2.41. The number of likely N-dealkylation sites (N-methyl/N-ethyl adjacent to an activating group) is 1. The van der Waals surface area contributed by atoms with Crippen molar-refractivity contribution >= 4 is 17.5 Å². The molecule has 0 saturated carbocycles. The number of imidazole rings is 1. The summed E-state index contributed by atoms with van der Waals surface area (Å²) in [6, 6.07) is 17.6. The third kappa shape index (κ3) is 4.73. The van der Waals surface area contributed by atoms with Crippen LogP contribution in [0.5, 0.6) is 0 Å². The van der Waals surface area contributed by atoms with Crippen LogP contribution in [0.15, 0.2) is 67.0 Å². The molecule has 1 aromatic carbocycles. The third-order valence-electron chi connectivity index (χ3n) is 6.34. The van der Waals surface area contributed by atoms with Crippen molar-refractivity contribution in [3.8, 4) is 0 Å². The Kier molecular flexibility index (Phi) is 6.82. The Balaban J connectivity index is 1.55. The van der Waals surface area contributed by atoms with Gasteiger partial charge in [0.15, 0.2) is 0 Å². The first-order chi connectivity index (χ1) is 16.4. The number of aromatic nitrogens is 3. The van der Waals surface area contributed by atoms with Crippen molar-refractivity contribution in [3.05, 3.63) is 95.2 Å². The number of carbonyl (C=O) groups is 2. The molecule has 176 valence electrons. The van der Waals surface area contributed by atoms with Crippen molar-refractivity contribution < 1.29 is 9.59 Å². The minimum Gasteiger partial charge on any atom is -0.351 e. The Bertz CT molecular complexity index is 1310. The molecular weight excluding hydrogens is 426 g/mol. The molecule has 34 heavy (non-hydrogen) atoms. The molecule has 0 fully saturated rings. The number of hydrogen-bond donors (Lipinski definition) is 1. The number of nitrogens with one attached hydrogen (secondary N) is 1. The number of amides is 2. The lowest BCUT2D eigenvalue weighted by atomic mass is 10.0. The Morgan fingerprint density at radius 2 is 1.76 bits per heavy atom. The van der Waals surface area contributed by atoms with E-state index in [4.69, 9.17) is 0 Å². The van der Waals surface area contributed by atoms with Crippen molar-refractivity contribution in [1.29, 1.82) is 0 Å². The van der Waals surface area contributed by atoms with E-state index in [2.05, 4.69) is 22.4 Å². The third-order valence-corrected chi connectivity index (χ3v) is 6.34. The molecule has 0 aliphatic heterocycles. The average molecular weight is 458 g/mol. The fourth-order valence-electron chi connectivity index (χ4n) is 4.37. The second-order valence-corrected chi connectivity index (χ2v) is 8.74. The van der Waals surface area contributed by atoms with Gasteiger partial charge in [-0.3, -0.25) is 14.0 Å². The van der Waals surface area contributed by atoms with Gasteiger partial charge in [0.05, 0.1) is 5.69 Å². The molecule has 4 rings (SSSR count). The fourth-order valence-corrected chi connectivity index (χ4v) is 4.37. The number of benzene rings is 1. The molecule has 1 atom stereocenters. The zero-order chi connectivity index (χ0) is 24.2. The zero-order valence-corrected chi connectivity index (χ0v) is 20.2. The molecule has 0 bridgehead atoms. The Morgan fingerprint density at radius 3 is 2.47 bits per heavy atom. The molecule has 0 spiro atoms. The van der Waals surface area contributed by atoms with Crippen LogP contribution >= 0.6 is 0 Å². The lowest BCUT2D eigenvalue weighted by Gasteiger charge is -2.29. The summed E-state index contributed by atoms with van der Waals surface area (Å²) >= 11 is 0. The van der Waals surface area contributed by atoms with Crippen LogP contribution in [0, 0.1) is 13.8 Å². The number of hydrogen-bond acceptors (Lipinski definition) is 3. The minimum absolute atomic E-state index is 0.0784. The molecule has 4 aromatic rings. The van der Waals surface area contributed by atoms with E-state index in [1.165, 1.54) is 0 Å². The normalized spacial score (nSPS) is 12.0. The predicted octanol–water partition coefficient (Wildman–Crippen LogP) is 3.79. The van der Waals surface area contributed by atoms with E-state index in [9.17, 15) is 9.59 Å². The predicted molar refractivity (Wildman–Crippen MR) is 133 cm³/mol. The molecule has 1 unspecified atom stereocenters. The van der Waals surface area contributed by atoms with E-state index >= 15 is 0 Å². The SMILES string of the molecule is Cc1nc2c(C)cccn2c1C(=O)N(C)C(CCNC(=O)c1cccn1C)Cc1ccccc1. The quantitative estimate of drug-likeness (QED) is 0.438. The monoisotopic (exact) mass is 457 g/mol. The van der Waals surface area contributed by atoms with Gasteiger partial charge in [-0.25, -0.2) is 4.98 Å². The Hall–Kier alpha value is -3.87. The van der Waals surface area contributed by atoms with Crippen LogP contribution in [0.25, 0.3) is 5.65 Å². The number of carbonyl (C=O) groups excluding carboxylic acids is 2. The molecule has 1 N–H and O–H groups in total.